The molecular formula is C8H15N. The van der Waals surface area contributed by atoms with E-state index in [1.54, 1.807) is 0 Å². The topological polar surface area (TPSA) is 3.24 Å². The molecule has 0 N–H and O–H groups in total. The Bertz CT molecular complexity index is 104. The number of likely N-dealkylation sites (tertiary alicyclic amines) is 1. The third-order valence-corrected chi connectivity index (χ3v) is 3.35. The molecule has 0 amide bonds. The average Bonchev–Trinajstić information content (AvgIpc) is 2.37. The average molecular weight is 125 g/mol. The van der Waals surface area contributed by atoms with Crippen molar-refractivity contribution >= 4 is 0 Å². The monoisotopic (exact) mass is 125 g/mol. The van der Waals surface area contributed by atoms with E-state index < -0.39 is 0 Å². The number of hydrogen-bond acceptors (Lipinski definition) is 1. The van der Waals surface area contributed by atoms with E-state index in [1.165, 1.54) is 19.3 Å². The number of hydrogen-bond donors (Lipinski definition) is 0. The Morgan fingerprint density at radius 3 is 2.44 bits per heavy atom. The normalized spacial score (nSPS) is 50.7. The fourth-order valence-corrected chi connectivity index (χ4v) is 2.46. The fourth-order valence-electron chi connectivity index (χ4n) is 2.46. The molecule has 0 aromatic carbocycles. The Morgan fingerprint density at radius 2 is 2.11 bits per heavy atom. The van der Waals surface area contributed by atoms with Crippen LogP contribution in [0.1, 0.15) is 26.2 Å². The van der Waals surface area contributed by atoms with Gasteiger partial charge in [0, 0.05) is 12.1 Å². The lowest BCUT2D eigenvalue weighted by Gasteiger charge is -2.28. The van der Waals surface area contributed by atoms with Crippen LogP contribution in [0.3, 0.4) is 0 Å². The zero-order chi connectivity index (χ0) is 6.43. The summed E-state index contributed by atoms with van der Waals surface area (Å²) in [6.45, 7) is 2.36. The quantitative estimate of drug-likeness (QED) is 0.474. The maximum atomic E-state index is 2.55. The first-order valence-electron chi connectivity index (χ1n) is 4.01. The van der Waals surface area contributed by atoms with Gasteiger partial charge in [-0.25, -0.2) is 0 Å². The molecule has 0 aromatic heterocycles. The Morgan fingerprint density at radius 1 is 1.33 bits per heavy atom. The van der Waals surface area contributed by atoms with E-state index in [-0.39, 0.29) is 0 Å². The highest BCUT2D eigenvalue weighted by molar-refractivity contribution is 4.95. The maximum Gasteiger partial charge on any atom is 0.00984 e. The van der Waals surface area contributed by atoms with E-state index in [0.29, 0.717) is 0 Å². The van der Waals surface area contributed by atoms with Crippen molar-refractivity contribution in [2.75, 3.05) is 7.05 Å². The van der Waals surface area contributed by atoms with E-state index in [9.17, 15) is 0 Å². The summed E-state index contributed by atoms with van der Waals surface area (Å²) >= 11 is 0. The lowest BCUT2D eigenvalue weighted by atomic mass is 10.0. The van der Waals surface area contributed by atoms with Crippen LogP contribution < -0.4 is 0 Å². The third kappa shape index (κ3) is 0.644. The van der Waals surface area contributed by atoms with Gasteiger partial charge in [-0.05, 0) is 39.2 Å². The zero-order valence-electron chi connectivity index (χ0n) is 6.30. The smallest absolute Gasteiger partial charge is 0.00984 e. The second kappa shape index (κ2) is 1.72. The highest BCUT2D eigenvalue weighted by Gasteiger charge is 2.40. The molecule has 2 bridgehead atoms. The molecule has 3 atom stereocenters. The first kappa shape index (κ1) is 5.72. The van der Waals surface area contributed by atoms with Crippen molar-refractivity contribution < 1.29 is 0 Å². The Hall–Kier alpha value is -0.0400. The van der Waals surface area contributed by atoms with Gasteiger partial charge in [0.25, 0.3) is 0 Å². The van der Waals surface area contributed by atoms with E-state index in [2.05, 4.69) is 18.9 Å². The molecule has 2 rings (SSSR count). The summed E-state index contributed by atoms with van der Waals surface area (Å²) in [4.78, 5) is 2.55. The lowest BCUT2D eigenvalue weighted by molar-refractivity contribution is 0.190. The largest absolute Gasteiger partial charge is 0.300 e. The summed E-state index contributed by atoms with van der Waals surface area (Å²) in [6, 6.07) is 1.83. The van der Waals surface area contributed by atoms with Gasteiger partial charge in [0.2, 0.25) is 0 Å². The number of fused-ring (bicyclic) bond motifs is 2. The summed E-state index contributed by atoms with van der Waals surface area (Å²) in [5, 5.41) is 0. The van der Waals surface area contributed by atoms with Crippen LogP contribution in [0, 0.1) is 5.92 Å². The van der Waals surface area contributed by atoms with Crippen LogP contribution in [0.5, 0.6) is 0 Å². The molecule has 1 saturated carbocycles. The van der Waals surface area contributed by atoms with Gasteiger partial charge in [-0.2, -0.15) is 0 Å². The second-order valence-corrected chi connectivity index (χ2v) is 3.63. The van der Waals surface area contributed by atoms with Crippen molar-refractivity contribution in [3.05, 3.63) is 0 Å². The van der Waals surface area contributed by atoms with E-state index in [1.807, 2.05) is 0 Å². The molecule has 1 heterocycles. The predicted molar refractivity (Wildman–Crippen MR) is 38.4 cm³/mol. The van der Waals surface area contributed by atoms with E-state index >= 15 is 0 Å². The van der Waals surface area contributed by atoms with Gasteiger partial charge in [-0.3, -0.25) is 0 Å². The molecule has 1 nitrogen and oxygen atoms in total. The van der Waals surface area contributed by atoms with Gasteiger partial charge in [0.05, 0.1) is 0 Å². The van der Waals surface area contributed by atoms with E-state index in [0.717, 1.165) is 18.0 Å². The highest BCUT2D eigenvalue weighted by atomic mass is 15.2. The minimum atomic E-state index is 0.878. The SMILES string of the molecule is CC1C2CC[C@@H](C2)N1C. The molecule has 1 heteroatoms. The van der Waals surface area contributed by atoms with Crippen molar-refractivity contribution in [2.45, 2.75) is 38.3 Å². The van der Waals surface area contributed by atoms with Crippen molar-refractivity contribution in [3.8, 4) is 0 Å². The van der Waals surface area contributed by atoms with E-state index in [4.69, 9.17) is 0 Å². The van der Waals surface area contributed by atoms with Crippen molar-refractivity contribution in [3.63, 3.8) is 0 Å². The van der Waals surface area contributed by atoms with Gasteiger partial charge >= 0.3 is 0 Å². The minimum absolute atomic E-state index is 0.878. The molecule has 2 fully saturated rings. The zero-order valence-corrected chi connectivity index (χ0v) is 6.30. The standard InChI is InChI=1S/C8H15N/c1-6-7-3-4-8(5-7)9(6)2/h6-8H,3-5H2,1-2H3/t6?,7?,8-/m0/s1. The van der Waals surface area contributed by atoms with Crippen molar-refractivity contribution in [2.24, 2.45) is 5.92 Å². The summed E-state index contributed by atoms with van der Waals surface area (Å²) < 4.78 is 0. The maximum absolute atomic E-state index is 2.55. The number of nitrogens with zero attached hydrogens (tertiary/aromatic N) is 1. The molecule has 1 saturated heterocycles. The molecule has 1 aliphatic carbocycles. The molecule has 0 spiro atoms. The Labute approximate surface area is 57.0 Å². The van der Waals surface area contributed by atoms with Crippen LogP contribution in [0.15, 0.2) is 0 Å². The van der Waals surface area contributed by atoms with Gasteiger partial charge in [-0.1, -0.05) is 0 Å². The van der Waals surface area contributed by atoms with Crippen molar-refractivity contribution in [1.29, 1.82) is 0 Å². The second-order valence-electron chi connectivity index (χ2n) is 3.63. The summed E-state index contributed by atoms with van der Waals surface area (Å²) in [6.07, 6.45) is 4.44. The van der Waals surface area contributed by atoms with Crippen molar-refractivity contribution in [1.82, 2.24) is 4.90 Å². The van der Waals surface area contributed by atoms with Gasteiger partial charge in [-0.15, -0.1) is 0 Å². The van der Waals surface area contributed by atoms with Crippen LogP contribution in [0.4, 0.5) is 0 Å². The van der Waals surface area contributed by atoms with Crippen LogP contribution in [0.2, 0.25) is 0 Å². The molecule has 0 radical (unpaired) electrons. The molecule has 1 aliphatic heterocycles. The van der Waals surface area contributed by atoms with Gasteiger partial charge in [0.1, 0.15) is 0 Å². The van der Waals surface area contributed by atoms with Crippen LogP contribution in [0.25, 0.3) is 0 Å². The predicted octanol–water partition coefficient (Wildman–Crippen LogP) is 1.49. The summed E-state index contributed by atoms with van der Waals surface area (Å²) in [5.74, 6) is 1.04. The molecule has 2 aliphatic rings. The molecular weight excluding hydrogens is 110 g/mol. The minimum Gasteiger partial charge on any atom is -0.300 e. The van der Waals surface area contributed by atoms with Crippen LogP contribution in [-0.2, 0) is 0 Å². The molecule has 0 aromatic rings. The Kier molecular flexibility index (Phi) is 1.10. The third-order valence-electron chi connectivity index (χ3n) is 3.35. The highest BCUT2D eigenvalue weighted by Crippen LogP contribution is 2.40. The lowest BCUT2D eigenvalue weighted by Crippen LogP contribution is -2.35. The van der Waals surface area contributed by atoms with Crippen LogP contribution >= 0.6 is 0 Å². The first-order chi connectivity index (χ1) is 4.29. The Balaban J connectivity index is 2.15. The summed E-state index contributed by atoms with van der Waals surface area (Å²) in [5.41, 5.74) is 0. The van der Waals surface area contributed by atoms with Crippen LogP contribution in [-0.4, -0.2) is 24.0 Å². The first-order valence-corrected chi connectivity index (χ1v) is 4.01. The summed E-state index contributed by atoms with van der Waals surface area (Å²) in [7, 11) is 2.27. The number of piperidine rings is 1. The fraction of sp³-hybridized carbons (Fsp3) is 1.00. The molecule has 52 valence electrons. The molecule has 9 heavy (non-hydrogen) atoms. The molecule has 2 unspecified atom stereocenters. The van der Waals surface area contributed by atoms with Gasteiger partial charge < -0.3 is 4.90 Å². The van der Waals surface area contributed by atoms with Gasteiger partial charge in [0.15, 0.2) is 0 Å². The number of rotatable bonds is 0.